The zero-order valence-electron chi connectivity index (χ0n) is 21.1. The molecule has 38 heavy (non-hydrogen) atoms. The van der Waals surface area contributed by atoms with Crippen molar-refractivity contribution >= 4 is 5.91 Å². The third kappa shape index (κ3) is 5.39. The second-order valence-corrected chi connectivity index (χ2v) is 9.74. The van der Waals surface area contributed by atoms with E-state index in [1.165, 1.54) is 22.9 Å². The number of carbonyl (C=O) groups excluding carboxylic acids is 1. The average Bonchev–Trinajstić information content (AvgIpc) is 3.52. The summed E-state index contributed by atoms with van der Waals surface area (Å²) >= 11 is 0. The molecule has 2 aliphatic rings. The van der Waals surface area contributed by atoms with Crippen molar-refractivity contribution in [2.24, 2.45) is 0 Å². The second kappa shape index (κ2) is 10.7. The highest BCUT2D eigenvalue weighted by Crippen LogP contribution is 2.32. The Bertz CT molecular complexity index is 1270. The van der Waals surface area contributed by atoms with Crippen LogP contribution in [0, 0.1) is 6.92 Å². The minimum Gasteiger partial charge on any atom is -0.406 e. The highest BCUT2D eigenvalue weighted by atomic mass is 19.4. The molecule has 0 aliphatic carbocycles. The van der Waals surface area contributed by atoms with Crippen molar-refractivity contribution in [3.63, 3.8) is 0 Å². The SMILES string of the molecule is Cc1c(C(=O)N2CCC(N3CCC[C@H]3CO)CC2)c(-c2ccncc2)nn1-c1cccc(OC(F)(F)F)c1. The highest BCUT2D eigenvalue weighted by molar-refractivity contribution is 6.01. The molecule has 2 aliphatic heterocycles. The van der Waals surface area contributed by atoms with Crippen LogP contribution in [-0.4, -0.2) is 80.3 Å². The van der Waals surface area contributed by atoms with Gasteiger partial charge in [-0.05, 0) is 63.4 Å². The predicted octanol–water partition coefficient (Wildman–Crippen LogP) is 4.20. The Morgan fingerprint density at radius 1 is 1.11 bits per heavy atom. The summed E-state index contributed by atoms with van der Waals surface area (Å²) in [4.78, 5) is 22.1. The summed E-state index contributed by atoms with van der Waals surface area (Å²) in [5.41, 5.74) is 2.41. The molecule has 2 aromatic heterocycles. The largest absolute Gasteiger partial charge is 0.573 e. The molecule has 5 rings (SSSR count). The number of likely N-dealkylation sites (tertiary alicyclic amines) is 2. The van der Waals surface area contributed by atoms with Gasteiger partial charge in [-0.1, -0.05) is 6.07 Å². The van der Waals surface area contributed by atoms with E-state index in [2.05, 4.69) is 19.7 Å². The lowest BCUT2D eigenvalue weighted by Gasteiger charge is -2.39. The van der Waals surface area contributed by atoms with Gasteiger partial charge in [0.15, 0.2) is 0 Å². The number of hydrogen-bond donors (Lipinski definition) is 1. The van der Waals surface area contributed by atoms with Crippen LogP contribution < -0.4 is 4.74 Å². The summed E-state index contributed by atoms with van der Waals surface area (Å²) in [6, 6.07) is 9.56. The van der Waals surface area contributed by atoms with Crippen LogP contribution >= 0.6 is 0 Å². The molecule has 1 N–H and O–H groups in total. The fourth-order valence-electron chi connectivity index (χ4n) is 5.63. The molecule has 0 unspecified atom stereocenters. The van der Waals surface area contributed by atoms with E-state index in [4.69, 9.17) is 0 Å². The lowest BCUT2D eigenvalue weighted by molar-refractivity contribution is -0.274. The van der Waals surface area contributed by atoms with Crippen molar-refractivity contribution < 1.29 is 27.8 Å². The van der Waals surface area contributed by atoms with Crippen molar-refractivity contribution in [3.05, 3.63) is 60.0 Å². The standard InChI is InChI=1S/C27H30F3N5O3/c1-18-24(26(37)33-14-9-20(10-15-33)34-13-3-5-22(34)17-36)25(19-7-11-31-12-8-19)32-35(18)21-4-2-6-23(16-21)38-27(28,29)30/h2,4,6-8,11-12,16,20,22,36H,3,5,9-10,13-15,17H2,1H3/t22-/m0/s1. The van der Waals surface area contributed by atoms with Crippen molar-refractivity contribution in [2.45, 2.75) is 51.1 Å². The maximum atomic E-state index is 13.9. The molecule has 0 spiro atoms. The number of aliphatic hydroxyl groups is 1. The summed E-state index contributed by atoms with van der Waals surface area (Å²) in [7, 11) is 0. The number of carbonyl (C=O) groups is 1. The highest BCUT2D eigenvalue weighted by Gasteiger charge is 2.35. The van der Waals surface area contributed by atoms with Gasteiger partial charge in [0.1, 0.15) is 11.4 Å². The van der Waals surface area contributed by atoms with Gasteiger partial charge in [0.25, 0.3) is 5.91 Å². The van der Waals surface area contributed by atoms with Crippen LogP contribution in [0.4, 0.5) is 13.2 Å². The number of alkyl halides is 3. The van der Waals surface area contributed by atoms with Crippen LogP contribution in [0.1, 0.15) is 41.7 Å². The monoisotopic (exact) mass is 529 g/mol. The normalized spacial score (nSPS) is 19.2. The summed E-state index contributed by atoms with van der Waals surface area (Å²) in [6.45, 7) is 4.02. The molecule has 1 atom stereocenters. The Morgan fingerprint density at radius 2 is 1.84 bits per heavy atom. The lowest BCUT2D eigenvalue weighted by atomic mass is 10.00. The predicted molar refractivity (Wildman–Crippen MR) is 134 cm³/mol. The molecule has 1 amide bonds. The van der Waals surface area contributed by atoms with E-state index in [0.29, 0.717) is 47.3 Å². The number of halogens is 3. The van der Waals surface area contributed by atoms with E-state index in [9.17, 15) is 23.1 Å². The first-order valence-corrected chi connectivity index (χ1v) is 12.8. The van der Waals surface area contributed by atoms with Crippen molar-refractivity contribution in [3.8, 4) is 22.7 Å². The molecular formula is C27H30F3N5O3. The molecule has 4 heterocycles. The Hall–Kier alpha value is -3.44. The molecular weight excluding hydrogens is 499 g/mol. The average molecular weight is 530 g/mol. The third-order valence-electron chi connectivity index (χ3n) is 7.43. The minimum absolute atomic E-state index is 0.155. The Kier molecular flexibility index (Phi) is 7.40. The molecule has 1 aromatic carbocycles. The van der Waals surface area contributed by atoms with Gasteiger partial charge in [-0.25, -0.2) is 4.68 Å². The summed E-state index contributed by atoms with van der Waals surface area (Å²) in [5, 5.41) is 14.4. The maximum Gasteiger partial charge on any atom is 0.573 e. The first kappa shape index (κ1) is 26.2. The zero-order chi connectivity index (χ0) is 26.9. The number of aromatic nitrogens is 3. The number of benzene rings is 1. The van der Waals surface area contributed by atoms with Gasteiger partial charge >= 0.3 is 6.36 Å². The molecule has 8 nitrogen and oxygen atoms in total. The molecule has 3 aromatic rings. The van der Waals surface area contributed by atoms with Crippen molar-refractivity contribution in [1.29, 1.82) is 0 Å². The molecule has 0 bridgehead atoms. The quantitative estimate of drug-likeness (QED) is 0.515. The molecule has 202 valence electrons. The van der Waals surface area contributed by atoms with Gasteiger partial charge in [-0.3, -0.25) is 14.7 Å². The number of hydrogen-bond acceptors (Lipinski definition) is 6. The molecule has 2 fully saturated rings. The van der Waals surface area contributed by atoms with Gasteiger partial charge in [0, 0.05) is 49.2 Å². The second-order valence-electron chi connectivity index (χ2n) is 9.74. The third-order valence-corrected chi connectivity index (χ3v) is 7.43. The summed E-state index contributed by atoms with van der Waals surface area (Å²) in [6.07, 6.45) is 2.10. The number of piperidine rings is 1. The summed E-state index contributed by atoms with van der Waals surface area (Å²) in [5.74, 6) is -0.532. The number of rotatable bonds is 6. The van der Waals surface area contributed by atoms with Crippen LogP contribution in [0.15, 0.2) is 48.8 Å². The molecule has 11 heteroatoms. The van der Waals surface area contributed by atoms with Gasteiger partial charge in [0.2, 0.25) is 0 Å². The van der Waals surface area contributed by atoms with E-state index in [1.54, 1.807) is 37.5 Å². The van der Waals surface area contributed by atoms with Gasteiger partial charge < -0.3 is 14.7 Å². The number of ether oxygens (including phenoxy) is 1. The first-order chi connectivity index (χ1) is 18.2. The minimum atomic E-state index is -4.82. The van der Waals surface area contributed by atoms with E-state index < -0.39 is 6.36 Å². The van der Waals surface area contributed by atoms with E-state index in [-0.39, 0.29) is 24.3 Å². The van der Waals surface area contributed by atoms with Crippen LogP contribution in [0.25, 0.3) is 16.9 Å². The van der Waals surface area contributed by atoms with E-state index >= 15 is 0 Å². The number of amides is 1. The topological polar surface area (TPSA) is 83.7 Å². The van der Waals surface area contributed by atoms with Crippen LogP contribution in [0.5, 0.6) is 5.75 Å². The first-order valence-electron chi connectivity index (χ1n) is 12.8. The maximum absolute atomic E-state index is 13.9. The summed E-state index contributed by atoms with van der Waals surface area (Å²) < 4.78 is 44.0. The Morgan fingerprint density at radius 3 is 2.53 bits per heavy atom. The Balaban J connectivity index is 1.44. The fraction of sp³-hybridized carbons (Fsp3) is 0.444. The fourth-order valence-corrected chi connectivity index (χ4v) is 5.63. The van der Waals surface area contributed by atoms with Crippen LogP contribution in [-0.2, 0) is 0 Å². The lowest BCUT2D eigenvalue weighted by Crippen LogP contribution is -2.49. The number of aliphatic hydroxyl groups excluding tert-OH is 1. The van der Waals surface area contributed by atoms with E-state index in [1.807, 2.05) is 4.90 Å². The van der Waals surface area contributed by atoms with Gasteiger partial charge in [-0.15, -0.1) is 13.2 Å². The van der Waals surface area contributed by atoms with Crippen molar-refractivity contribution in [2.75, 3.05) is 26.2 Å². The zero-order valence-corrected chi connectivity index (χ0v) is 21.1. The molecule has 0 saturated carbocycles. The van der Waals surface area contributed by atoms with Gasteiger partial charge in [-0.2, -0.15) is 5.10 Å². The number of pyridine rings is 1. The molecule has 2 saturated heterocycles. The Labute approximate surface area is 218 Å². The number of nitrogens with zero attached hydrogens (tertiary/aromatic N) is 5. The van der Waals surface area contributed by atoms with E-state index in [0.717, 1.165) is 32.2 Å². The van der Waals surface area contributed by atoms with Crippen LogP contribution in [0.3, 0.4) is 0 Å². The molecule has 0 radical (unpaired) electrons. The van der Waals surface area contributed by atoms with Gasteiger partial charge in [0.05, 0.1) is 23.6 Å². The smallest absolute Gasteiger partial charge is 0.406 e. The van der Waals surface area contributed by atoms with Crippen LogP contribution in [0.2, 0.25) is 0 Å². The van der Waals surface area contributed by atoms with Crippen molar-refractivity contribution in [1.82, 2.24) is 24.6 Å².